The van der Waals surface area contributed by atoms with Crippen LogP contribution in [0.4, 0.5) is 0 Å². The topological polar surface area (TPSA) is 136 Å². The van der Waals surface area contributed by atoms with Gasteiger partial charge in [0, 0.05) is 0 Å². The third-order valence-electron chi connectivity index (χ3n) is 11.0. The Kier molecular flexibility index (Phi) is 12.3. The van der Waals surface area contributed by atoms with E-state index >= 15 is 0 Å². The zero-order valence-electron chi connectivity index (χ0n) is 32.5. The zero-order chi connectivity index (χ0) is 39.3. The summed E-state index contributed by atoms with van der Waals surface area (Å²) in [5, 5.41) is 32.0. The molecule has 1 saturated carbocycles. The van der Waals surface area contributed by atoms with Crippen molar-refractivity contribution in [2.45, 2.75) is 70.2 Å². The zero-order valence-corrected chi connectivity index (χ0v) is 32.5. The van der Waals surface area contributed by atoms with Crippen LogP contribution in [-0.2, 0) is 20.8 Å². The average Bonchev–Trinajstić information content (AvgIpc) is 3.17. The maximum absolute atomic E-state index is 14.7. The van der Waals surface area contributed by atoms with Gasteiger partial charge in [0.2, 0.25) is 11.8 Å². The molecule has 0 bridgehead atoms. The summed E-state index contributed by atoms with van der Waals surface area (Å²) in [6, 6.07) is 26.7. The second-order valence-corrected chi connectivity index (χ2v) is 14.8. The smallest absolute Gasteiger partial charge is 0.236 e. The van der Waals surface area contributed by atoms with Crippen molar-refractivity contribution in [1.82, 2.24) is 10.6 Å². The molecule has 54 heavy (non-hydrogen) atoms. The highest BCUT2D eigenvalue weighted by Crippen LogP contribution is 2.45. The third kappa shape index (κ3) is 7.50. The molecule has 288 valence electrons. The maximum Gasteiger partial charge on any atom is 0.236 e. The number of ether oxygens (including phenoxy) is 4. The number of hydrogen-bond donors (Lipinski definition) is 4. The van der Waals surface area contributed by atoms with Gasteiger partial charge in [0.25, 0.3) is 0 Å². The first-order valence-electron chi connectivity index (χ1n) is 18.4. The van der Waals surface area contributed by atoms with E-state index in [9.17, 15) is 19.8 Å². The van der Waals surface area contributed by atoms with Gasteiger partial charge in [-0.3, -0.25) is 9.59 Å². The summed E-state index contributed by atoms with van der Waals surface area (Å²) in [6.07, 6.45) is 1.29. The number of benzene rings is 4. The van der Waals surface area contributed by atoms with Crippen LogP contribution >= 0.6 is 0 Å². The third-order valence-corrected chi connectivity index (χ3v) is 11.0. The molecule has 1 aliphatic rings. The molecule has 1 fully saturated rings. The van der Waals surface area contributed by atoms with Crippen LogP contribution in [0.3, 0.4) is 0 Å². The van der Waals surface area contributed by atoms with Crippen LogP contribution in [-0.4, -0.2) is 62.6 Å². The van der Waals surface area contributed by atoms with E-state index in [2.05, 4.69) is 10.6 Å². The van der Waals surface area contributed by atoms with Crippen molar-refractivity contribution in [3.8, 4) is 23.0 Å². The Morgan fingerprint density at radius 2 is 0.759 bits per heavy atom. The van der Waals surface area contributed by atoms with Gasteiger partial charge in [-0.25, -0.2) is 0 Å². The molecular weight excluding hydrogens is 684 g/mol. The average molecular weight is 739 g/mol. The predicted octanol–water partition coefficient (Wildman–Crippen LogP) is 6.34. The summed E-state index contributed by atoms with van der Waals surface area (Å²) in [5.41, 5.74) is -2.65. The first-order chi connectivity index (χ1) is 25.8. The van der Waals surface area contributed by atoms with Crippen molar-refractivity contribution < 1.29 is 38.7 Å². The Morgan fingerprint density at radius 1 is 0.519 bits per heavy atom. The fraction of sp³-hybridized carbons (Fsp3) is 0.409. The van der Waals surface area contributed by atoms with E-state index in [0.29, 0.717) is 64.5 Å². The van der Waals surface area contributed by atoms with Gasteiger partial charge < -0.3 is 39.8 Å². The Labute approximate surface area is 318 Å². The lowest BCUT2D eigenvalue weighted by atomic mass is 9.66. The molecule has 0 aromatic heterocycles. The van der Waals surface area contributed by atoms with Crippen molar-refractivity contribution in [3.05, 3.63) is 119 Å². The molecule has 2 amide bonds. The van der Waals surface area contributed by atoms with E-state index in [1.807, 2.05) is 27.7 Å². The second kappa shape index (κ2) is 16.5. The van der Waals surface area contributed by atoms with Gasteiger partial charge in [-0.15, -0.1) is 0 Å². The number of aliphatic hydroxyl groups is 2. The van der Waals surface area contributed by atoms with E-state index in [1.54, 1.807) is 126 Å². The lowest BCUT2D eigenvalue weighted by molar-refractivity contribution is -0.153. The fourth-order valence-corrected chi connectivity index (χ4v) is 7.59. The molecular formula is C44H54N2O8. The summed E-state index contributed by atoms with van der Waals surface area (Å²) in [5.74, 6) is 0.967. The Bertz CT molecular complexity index is 1620. The van der Waals surface area contributed by atoms with Gasteiger partial charge in [0.05, 0.1) is 40.5 Å². The number of carbonyl (C=O) groups is 2. The fourth-order valence-electron chi connectivity index (χ4n) is 7.59. The molecule has 0 saturated heterocycles. The first-order valence-corrected chi connectivity index (χ1v) is 18.4. The molecule has 2 atom stereocenters. The Balaban J connectivity index is 1.53. The summed E-state index contributed by atoms with van der Waals surface area (Å²) in [6.45, 7) is 7.70. The van der Waals surface area contributed by atoms with Crippen LogP contribution in [0.2, 0.25) is 0 Å². The second-order valence-electron chi connectivity index (χ2n) is 14.8. The van der Waals surface area contributed by atoms with Crippen molar-refractivity contribution >= 4 is 11.8 Å². The molecule has 0 unspecified atom stereocenters. The van der Waals surface area contributed by atoms with Gasteiger partial charge in [-0.05, 0) is 95.5 Å². The number of hydrogen-bond acceptors (Lipinski definition) is 8. The molecule has 1 aliphatic carbocycles. The highest BCUT2D eigenvalue weighted by atomic mass is 16.5. The molecule has 0 spiro atoms. The number of methoxy groups -OCH3 is 4. The van der Waals surface area contributed by atoms with E-state index in [4.69, 9.17) is 18.9 Å². The first kappa shape index (κ1) is 40.1. The molecule has 4 N–H and O–H groups in total. The number of nitrogens with one attached hydrogen (secondary N) is 2. The molecule has 0 aliphatic heterocycles. The van der Waals surface area contributed by atoms with E-state index in [1.165, 1.54) is 0 Å². The maximum atomic E-state index is 14.7. The largest absolute Gasteiger partial charge is 0.497 e. The highest BCUT2D eigenvalue weighted by Gasteiger charge is 2.55. The molecule has 10 nitrogen and oxygen atoms in total. The highest BCUT2D eigenvalue weighted by molar-refractivity contribution is 6.06. The van der Waals surface area contributed by atoms with Crippen LogP contribution in [0.1, 0.15) is 69.2 Å². The minimum Gasteiger partial charge on any atom is -0.497 e. The minimum atomic E-state index is -1.70. The van der Waals surface area contributed by atoms with Crippen molar-refractivity contribution in [1.29, 1.82) is 0 Å². The monoisotopic (exact) mass is 738 g/mol. The quantitative estimate of drug-likeness (QED) is 0.0979. The predicted molar refractivity (Wildman–Crippen MR) is 208 cm³/mol. The lowest BCUT2D eigenvalue weighted by Crippen LogP contribution is -2.64. The normalized spacial score (nSPS) is 15.1. The van der Waals surface area contributed by atoms with E-state index in [0.717, 1.165) is 0 Å². The van der Waals surface area contributed by atoms with Crippen LogP contribution < -0.4 is 29.6 Å². The summed E-state index contributed by atoms with van der Waals surface area (Å²) >= 11 is 0. The van der Waals surface area contributed by atoms with Gasteiger partial charge in [-0.2, -0.15) is 0 Å². The van der Waals surface area contributed by atoms with Crippen molar-refractivity contribution in [2.75, 3.05) is 28.4 Å². The van der Waals surface area contributed by atoms with Crippen molar-refractivity contribution in [2.24, 2.45) is 17.3 Å². The number of amides is 2. The van der Waals surface area contributed by atoms with Crippen LogP contribution in [0.5, 0.6) is 23.0 Å². The lowest BCUT2D eigenvalue weighted by Gasteiger charge is -2.46. The molecule has 4 aromatic rings. The SMILES string of the molecule is COc1ccc(C(O)(c2ccc(OC)cc2)[C@H](NC(=O)C2(C(=O)N[C@H](C(C)C)C(O)(c3ccc(OC)cc3)c3ccc(OC)cc3)CCC2)C(C)C)cc1. The van der Waals surface area contributed by atoms with Gasteiger partial charge in [0.15, 0.2) is 0 Å². The minimum absolute atomic E-state index is 0.276. The Hall–Kier alpha value is -5.06. The van der Waals surface area contributed by atoms with Crippen LogP contribution in [0, 0.1) is 17.3 Å². The van der Waals surface area contributed by atoms with Crippen molar-refractivity contribution in [3.63, 3.8) is 0 Å². The molecule has 4 aromatic carbocycles. The number of carbonyl (C=O) groups excluding carboxylic acids is 2. The standard InChI is InChI=1S/C44H54N2O8/c1-28(2)38(43(49,30-10-18-34(51-5)19-11-30)31-12-20-35(52-6)21-13-31)45-40(47)42(26-9-27-42)41(48)46-39(29(3)4)44(50,32-14-22-36(53-7)23-15-32)33-16-24-37(54-8)25-17-33/h10-25,28-29,38-39,49-50H,9,26-27H2,1-8H3,(H,45,47)(H,46,48)/t38-,39-/m1/s1. The summed E-state index contributed by atoms with van der Waals surface area (Å²) < 4.78 is 21.6. The molecule has 0 radical (unpaired) electrons. The van der Waals surface area contributed by atoms with Gasteiger partial charge in [0.1, 0.15) is 39.6 Å². The van der Waals surface area contributed by atoms with Gasteiger partial charge >= 0.3 is 0 Å². The Morgan fingerprint density at radius 3 is 0.926 bits per heavy atom. The van der Waals surface area contributed by atoms with E-state index < -0.39 is 40.5 Å². The van der Waals surface area contributed by atoms with Crippen LogP contribution in [0.25, 0.3) is 0 Å². The molecule has 10 heteroatoms. The molecule has 0 heterocycles. The summed E-state index contributed by atoms with van der Waals surface area (Å²) in [4.78, 5) is 29.4. The van der Waals surface area contributed by atoms with Crippen LogP contribution in [0.15, 0.2) is 97.1 Å². The van der Waals surface area contributed by atoms with E-state index in [-0.39, 0.29) is 11.8 Å². The molecule has 5 rings (SSSR count). The van der Waals surface area contributed by atoms with Gasteiger partial charge in [-0.1, -0.05) is 82.6 Å². The number of rotatable bonds is 16. The summed E-state index contributed by atoms with van der Waals surface area (Å²) in [7, 11) is 6.29.